The van der Waals surface area contributed by atoms with Gasteiger partial charge in [0.05, 0.1) is 24.9 Å². The summed E-state index contributed by atoms with van der Waals surface area (Å²) in [4.78, 5) is 48.8. The molecule has 1 aliphatic rings. The topological polar surface area (TPSA) is 200 Å². The maximum absolute atomic E-state index is 14.3. The lowest BCUT2D eigenvalue weighted by Crippen LogP contribution is -2.47. The number of phosphoric ester groups is 1. The molecule has 0 radical (unpaired) electrons. The van der Waals surface area contributed by atoms with E-state index in [0.717, 1.165) is 16.8 Å². The van der Waals surface area contributed by atoms with Crippen molar-refractivity contribution in [3.8, 4) is 0 Å². The third-order valence-electron chi connectivity index (χ3n) is 5.10. The van der Waals surface area contributed by atoms with Crippen LogP contribution in [0.5, 0.6) is 0 Å². The normalized spacial score (nSPS) is 23.2. The Morgan fingerprint density at radius 3 is 2.10 bits per heavy atom. The summed E-state index contributed by atoms with van der Waals surface area (Å²) in [5.74, 6) is -0.919. The number of aliphatic hydroxyl groups is 1. The van der Waals surface area contributed by atoms with E-state index < -0.39 is 94.3 Å². The molecular formula is C21H32FN2O14P. The Hall–Kier alpha value is -2.82. The molecule has 18 heteroatoms. The van der Waals surface area contributed by atoms with E-state index in [1.54, 1.807) is 27.7 Å². The van der Waals surface area contributed by atoms with Crippen LogP contribution in [0.3, 0.4) is 0 Å². The van der Waals surface area contributed by atoms with Gasteiger partial charge in [-0.3, -0.25) is 18.9 Å². The summed E-state index contributed by atoms with van der Waals surface area (Å²) >= 11 is 0. The number of aromatic nitrogens is 2. The molecule has 1 aromatic heterocycles. The van der Waals surface area contributed by atoms with Gasteiger partial charge in [-0.05, 0) is 27.7 Å². The molecule has 222 valence electrons. The minimum Gasteiger partial charge on any atom is -0.432 e. The molecule has 0 aromatic carbocycles. The Morgan fingerprint density at radius 1 is 1.10 bits per heavy atom. The van der Waals surface area contributed by atoms with Gasteiger partial charge in [0.1, 0.15) is 18.5 Å². The van der Waals surface area contributed by atoms with Crippen LogP contribution in [0.1, 0.15) is 40.8 Å². The van der Waals surface area contributed by atoms with Crippen LogP contribution in [0.25, 0.3) is 0 Å². The number of aromatic amines is 1. The van der Waals surface area contributed by atoms with E-state index in [1.807, 2.05) is 4.98 Å². The van der Waals surface area contributed by atoms with Gasteiger partial charge in [0.2, 0.25) is 13.6 Å². The standard InChI is InChI=1S/C21H32FN2O14P/c1-12(2)36-19(28)31-10-34-39(30,35-11-32-20(29)37-13(3)4)33-9-21(8-22)16(26)14(5)17(38-21)24-7-6-15(25)23-18(24)27/h6-7,12-14,16-17,26H,8-11H2,1-5H3,(H,23,25,27)/t14-,16-,17+,21+/m0/s1. The minimum absolute atomic E-state index is 0.535. The minimum atomic E-state index is -4.80. The fourth-order valence-corrected chi connectivity index (χ4v) is 4.25. The van der Waals surface area contributed by atoms with Crippen LogP contribution < -0.4 is 11.2 Å². The second-order valence-corrected chi connectivity index (χ2v) is 10.5. The molecule has 0 aliphatic carbocycles. The number of rotatable bonds is 13. The number of nitrogens with zero attached hydrogens (tertiary/aromatic N) is 1. The lowest BCUT2D eigenvalue weighted by Gasteiger charge is -2.30. The number of carbonyl (C=O) groups excluding carboxylic acids is 2. The van der Waals surface area contributed by atoms with Crippen molar-refractivity contribution in [3.63, 3.8) is 0 Å². The quantitative estimate of drug-likeness (QED) is 0.193. The maximum atomic E-state index is 14.3. The molecule has 16 nitrogen and oxygen atoms in total. The van der Waals surface area contributed by atoms with Crippen molar-refractivity contribution in [1.82, 2.24) is 9.55 Å². The number of aliphatic hydroxyl groups excluding tert-OH is 1. The van der Waals surface area contributed by atoms with Crippen LogP contribution in [0.15, 0.2) is 21.9 Å². The Labute approximate surface area is 221 Å². The van der Waals surface area contributed by atoms with E-state index in [2.05, 4.69) is 9.47 Å². The van der Waals surface area contributed by atoms with Gasteiger partial charge >= 0.3 is 25.8 Å². The van der Waals surface area contributed by atoms with Gasteiger partial charge in [-0.2, -0.15) is 0 Å². The number of alkyl halides is 1. The molecule has 1 aromatic rings. The molecule has 1 aliphatic heterocycles. The molecular weight excluding hydrogens is 554 g/mol. The monoisotopic (exact) mass is 586 g/mol. The smallest absolute Gasteiger partial charge is 0.432 e. The van der Waals surface area contributed by atoms with Gasteiger partial charge < -0.3 is 28.8 Å². The molecule has 2 heterocycles. The largest absolute Gasteiger partial charge is 0.510 e. The maximum Gasteiger partial charge on any atom is 0.510 e. The number of ether oxygens (including phenoxy) is 5. The molecule has 2 rings (SSSR count). The number of phosphoric acid groups is 1. The second kappa shape index (κ2) is 14.0. The Kier molecular flexibility index (Phi) is 11.6. The van der Waals surface area contributed by atoms with Crippen molar-refractivity contribution in [2.24, 2.45) is 5.92 Å². The van der Waals surface area contributed by atoms with Crippen molar-refractivity contribution >= 4 is 20.1 Å². The van der Waals surface area contributed by atoms with Gasteiger partial charge in [0.15, 0.2) is 0 Å². The van der Waals surface area contributed by atoms with Crippen molar-refractivity contribution < 1.29 is 60.9 Å². The van der Waals surface area contributed by atoms with Crippen LogP contribution >= 0.6 is 7.82 Å². The van der Waals surface area contributed by atoms with E-state index in [9.17, 15) is 33.2 Å². The van der Waals surface area contributed by atoms with Crippen LogP contribution in [-0.4, -0.2) is 77.7 Å². The summed E-state index contributed by atoms with van der Waals surface area (Å²) in [6, 6.07) is 1.03. The Balaban J connectivity index is 2.17. The number of carbonyl (C=O) groups is 2. The fourth-order valence-electron chi connectivity index (χ4n) is 3.29. The van der Waals surface area contributed by atoms with E-state index >= 15 is 0 Å². The van der Waals surface area contributed by atoms with Crippen LogP contribution in [0, 0.1) is 5.92 Å². The molecule has 1 saturated heterocycles. The molecule has 2 N–H and O–H groups in total. The SMILES string of the molecule is CC(C)OC(=O)OCOP(=O)(OCOC(=O)OC(C)C)OC[C@@]1(CF)O[C@@H](n2ccc(=O)[nH]c2=O)[C@@H](C)[C@@H]1O. The number of H-pyrrole nitrogens is 1. The van der Waals surface area contributed by atoms with Gasteiger partial charge in [0, 0.05) is 18.2 Å². The van der Waals surface area contributed by atoms with Gasteiger partial charge in [0.25, 0.3) is 5.56 Å². The average Bonchev–Trinajstić information content (AvgIpc) is 3.07. The summed E-state index contributed by atoms with van der Waals surface area (Å²) in [5.41, 5.74) is -3.75. The highest BCUT2D eigenvalue weighted by Crippen LogP contribution is 2.52. The molecule has 0 spiro atoms. The first-order chi connectivity index (χ1) is 18.2. The van der Waals surface area contributed by atoms with Crippen molar-refractivity contribution in [2.45, 2.75) is 64.8 Å². The van der Waals surface area contributed by atoms with E-state index in [0.29, 0.717) is 0 Å². The van der Waals surface area contributed by atoms with Crippen LogP contribution in [0.4, 0.5) is 14.0 Å². The van der Waals surface area contributed by atoms with Gasteiger partial charge in [-0.25, -0.2) is 32.4 Å². The van der Waals surface area contributed by atoms with Crippen LogP contribution in [-0.2, 0) is 41.8 Å². The van der Waals surface area contributed by atoms with Gasteiger partial charge in [-0.1, -0.05) is 6.92 Å². The fraction of sp³-hybridized carbons (Fsp3) is 0.714. The Morgan fingerprint density at radius 2 is 1.64 bits per heavy atom. The highest BCUT2D eigenvalue weighted by atomic mass is 31.2. The first kappa shape index (κ1) is 32.4. The average molecular weight is 586 g/mol. The van der Waals surface area contributed by atoms with E-state index in [4.69, 9.17) is 27.8 Å². The number of hydrogen-bond acceptors (Lipinski definition) is 14. The second-order valence-electron chi connectivity index (χ2n) is 8.86. The molecule has 0 unspecified atom stereocenters. The zero-order valence-corrected chi connectivity index (χ0v) is 22.8. The third kappa shape index (κ3) is 9.12. The van der Waals surface area contributed by atoms with Gasteiger partial charge in [-0.15, -0.1) is 0 Å². The first-order valence-electron chi connectivity index (χ1n) is 11.7. The number of hydrogen-bond donors (Lipinski definition) is 2. The number of halogens is 1. The summed E-state index contributed by atoms with van der Waals surface area (Å²) < 4.78 is 67.7. The lowest BCUT2D eigenvalue weighted by atomic mass is 9.92. The molecule has 4 atom stereocenters. The highest BCUT2D eigenvalue weighted by molar-refractivity contribution is 7.48. The van der Waals surface area contributed by atoms with E-state index in [-0.39, 0.29) is 0 Å². The summed E-state index contributed by atoms with van der Waals surface area (Å²) in [6.45, 7) is 3.25. The molecule has 0 amide bonds. The lowest BCUT2D eigenvalue weighted by molar-refractivity contribution is -0.140. The molecule has 0 saturated carbocycles. The molecule has 39 heavy (non-hydrogen) atoms. The predicted molar refractivity (Wildman–Crippen MR) is 126 cm³/mol. The zero-order chi connectivity index (χ0) is 29.4. The van der Waals surface area contributed by atoms with Crippen molar-refractivity contribution in [2.75, 3.05) is 26.9 Å². The van der Waals surface area contributed by atoms with Crippen molar-refractivity contribution in [3.05, 3.63) is 33.1 Å². The number of nitrogens with one attached hydrogen (secondary N) is 1. The Bertz CT molecular complexity index is 1110. The van der Waals surface area contributed by atoms with Crippen LogP contribution in [0.2, 0.25) is 0 Å². The first-order valence-corrected chi connectivity index (χ1v) is 13.1. The van der Waals surface area contributed by atoms with E-state index in [1.165, 1.54) is 6.92 Å². The summed E-state index contributed by atoms with van der Waals surface area (Å²) in [6.07, 6.45) is -5.19. The highest BCUT2D eigenvalue weighted by Gasteiger charge is 2.55. The predicted octanol–water partition coefficient (Wildman–Crippen LogP) is 1.97. The summed E-state index contributed by atoms with van der Waals surface area (Å²) in [7, 11) is -4.80. The van der Waals surface area contributed by atoms with Crippen molar-refractivity contribution in [1.29, 1.82) is 0 Å². The zero-order valence-electron chi connectivity index (χ0n) is 21.9. The molecule has 1 fully saturated rings. The third-order valence-corrected chi connectivity index (χ3v) is 6.39. The molecule has 0 bridgehead atoms. The summed E-state index contributed by atoms with van der Waals surface area (Å²) in [5, 5.41) is 10.8.